The minimum atomic E-state index is -0.258. The van der Waals surface area contributed by atoms with Gasteiger partial charge in [-0.3, -0.25) is 4.79 Å². The summed E-state index contributed by atoms with van der Waals surface area (Å²) in [6.45, 7) is 1.96. The first-order chi connectivity index (χ1) is 8.56. The predicted molar refractivity (Wildman–Crippen MR) is 73.4 cm³/mol. The first-order valence-electron chi connectivity index (χ1n) is 5.25. The Bertz CT molecular complexity index is 582. The third kappa shape index (κ3) is 3.00. The molecule has 0 aliphatic rings. The van der Waals surface area contributed by atoms with E-state index in [0.717, 1.165) is 5.56 Å². The fourth-order valence-corrected chi connectivity index (χ4v) is 1.82. The first kappa shape index (κ1) is 12.9. The molecule has 92 valence electrons. The summed E-state index contributed by atoms with van der Waals surface area (Å²) in [6, 6.07) is 8.75. The van der Waals surface area contributed by atoms with Crippen LogP contribution in [0.15, 0.2) is 36.5 Å². The van der Waals surface area contributed by atoms with E-state index in [4.69, 9.17) is 23.2 Å². The van der Waals surface area contributed by atoms with Gasteiger partial charge < -0.3 is 5.32 Å². The quantitative estimate of drug-likeness (QED) is 0.905. The zero-order valence-electron chi connectivity index (χ0n) is 9.58. The maximum Gasteiger partial charge on any atom is 0.256 e. The third-order valence-electron chi connectivity index (χ3n) is 2.35. The van der Waals surface area contributed by atoms with Crippen molar-refractivity contribution in [2.24, 2.45) is 0 Å². The molecule has 1 aromatic carbocycles. The summed E-state index contributed by atoms with van der Waals surface area (Å²) in [5.41, 5.74) is 1.64. The van der Waals surface area contributed by atoms with Crippen molar-refractivity contribution in [3.63, 3.8) is 0 Å². The second kappa shape index (κ2) is 5.38. The van der Waals surface area contributed by atoms with Crippen LogP contribution in [-0.2, 0) is 0 Å². The van der Waals surface area contributed by atoms with Gasteiger partial charge in [0.2, 0.25) is 0 Å². The average Bonchev–Trinajstić information content (AvgIpc) is 2.33. The Kier molecular flexibility index (Phi) is 3.84. The highest BCUT2D eigenvalue weighted by molar-refractivity contribution is 6.36. The second-order valence-electron chi connectivity index (χ2n) is 3.80. The fraction of sp³-hybridized carbons (Fsp3) is 0.0769. The van der Waals surface area contributed by atoms with Gasteiger partial charge in [-0.2, -0.15) is 0 Å². The number of amides is 1. The maximum atomic E-state index is 11.9. The Hall–Kier alpha value is -1.58. The van der Waals surface area contributed by atoms with E-state index in [2.05, 4.69) is 10.3 Å². The molecule has 1 heterocycles. The van der Waals surface area contributed by atoms with E-state index in [-0.39, 0.29) is 5.91 Å². The third-order valence-corrected chi connectivity index (χ3v) is 2.85. The van der Waals surface area contributed by atoms with Crippen LogP contribution in [0, 0.1) is 6.92 Å². The molecule has 0 saturated heterocycles. The van der Waals surface area contributed by atoms with Crippen LogP contribution >= 0.6 is 23.2 Å². The highest BCUT2D eigenvalue weighted by Gasteiger charge is 2.09. The molecule has 0 radical (unpaired) electrons. The Morgan fingerprint density at radius 1 is 1.22 bits per heavy atom. The van der Waals surface area contributed by atoms with Crippen LogP contribution in [0.5, 0.6) is 0 Å². The molecule has 0 aliphatic heterocycles. The number of hydrogen-bond acceptors (Lipinski definition) is 2. The number of carbonyl (C=O) groups is 1. The van der Waals surface area contributed by atoms with Crippen molar-refractivity contribution in [2.75, 3.05) is 5.32 Å². The average molecular weight is 281 g/mol. The van der Waals surface area contributed by atoms with Crippen molar-refractivity contribution in [3.05, 3.63) is 57.7 Å². The largest absolute Gasteiger partial charge is 0.305 e. The molecule has 2 rings (SSSR count). The molecule has 0 unspecified atom stereocenters. The lowest BCUT2D eigenvalue weighted by atomic mass is 10.1. The number of rotatable bonds is 2. The van der Waals surface area contributed by atoms with Gasteiger partial charge >= 0.3 is 0 Å². The number of aryl methyl sites for hydroxylation is 1. The maximum absolute atomic E-state index is 11.9. The van der Waals surface area contributed by atoms with Crippen LogP contribution in [0.4, 0.5) is 5.82 Å². The summed E-state index contributed by atoms with van der Waals surface area (Å²) in [5.74, 6) is 0.0402. The fourth-order valence-electron chi connectivity index (χ4n) is 1.39. The second-order valence-corrected chi connectivity index (χ2v) is 4.65. The van der Waals surface area contributed by atoms with E-state index in [1.807, 2.05) is 19.1 Å². The summed E-state index contributed by atoms with van der Waals surface area (Å²) in [4.78, 5) is 15.9. The SMILES string of the molecule is Cc1ccc(C(=O)Nc2ncc(Cl)cc2Cl)cc1. The Balaban J connectivity index is 2.18. The van der Waals surface area contributed by atoms with Gasteiger partial charge in [-0.25, -0.2) is 4.98 Å². The van der Waals surface area contributed by atoms with Gasteiger partial charge in [-0.15, -0.1) is 0 Å². The molecule has 0 saturated carbocycles. The number of pyridine rings is 1. The van der Waals surface area contributed by atoms with Crippen molar-refractivity contribution in [2.45, 2.75) is 6.92 Å². The zero-order chi connectivity index (χ0) is 13.1. The lowest BCUT2D eigenvalue weighted by Gasteiger charge is -2.06. The number of aromatic nitrogens is 1. The minimum absolute atomic E-state index is 0.258. The van der Waals surface area contributed by atoms with Crippen LogP contribution in [0.25, 0.3) is 0 Å². The lowest BCUT2D eigenvalue weighted by Crippen LogP contribution is -2.13. The molecule has 3 nitrogen and oxygen atoms in total. The molecule has 0 aliphatic carbocycles. The number of carbonyl (C=O) groups excluding carboxylic acids is 1. The molecule has 1 amide bonds. The van der Waals surface area contributed by atoms with E-state index < -0.39 is 0 Å². The summed E-state index contributed by atoms with van der Waals surface area (Å²) in [7, 11) is 0. The molecule has 0 atom stereocenters. The normalized spacial score (nSPS) is 10.2. The van der Waals surface area contributed by atoms with Crippen molar-refractivity contribution in [1.82, 2.24) is 4.98 Å². The Labute approximate surface area is 115 Å². The van der Waals surface area contributed by atoms with Crippen molar-refractivity contribution in [1.29, 1.82) is 0 Å². The van der Waals surface area contributed by atoms with E-state index in [9.17, 15) is 4.79 Å². The van der Waals surface area contributed by atoms with Gasteiger partial charge in [-0.05, 0) is 25.1 Å². The molecule has 0 fully saturated rings. The molecule has 1 N–H and O–H groups in total. The summed E-state index contributed by atoms with van der Waals surface area (Å²) >= 11 is 11.7. The number of halogens is 2. The first-order valence-corrected chi connectivity index (χ1v) is 6.01. The molecule has 0 spiro atoms. The highest BCUT2D eigenvalue weighted by Crippen LogP contribution is 2.22. The zero-order valence-corrected chi connectivity index (χ0v) is 11.1. The lowest BCUT2D eigenvalue weighted by molar-refractivity contribution is 0.102. The Morgan fingerprint density at radius 2 is 1.89 bits per heavy atom. The van der Waals surface area contributed by atoms with E-state index in [1.54, 1.807) is 12.1 Å². The van der Waals surface area contributed by atoms with Gasteiger partial charge in [-0.1, -0.05) is 40.9 Å². The van der Waals surface area contributed by atoms with Gasteiger partial charge in [0.15, 0.2) is 5.82 Å². The van der Waals surface area contributed by atoms with Gasteiger partial charge in [0, 0.05) is 11.8 Å². The van der Waals surface area contributed by atoms with Crippen molar-refractivity contribution >= 4 is 34.9 Å². The molecular weight excluding hydrogens is 271 g/mol. The van der Waals surface area contributed by atoms with E-state index >= 15 is 0 Å². The molecular formula is C13H10Cl2N2O. The topological polar surface area (TPSA) is 42.0 Å². The molecule has 0 bridgehead atoms. The smallest absolute Gasteiger partial charge is 0.256 e. The van der Waals surface area contributed by atoms with Gasteiger partial charge in [0.05, 0.1) is 10.0 Å². The number of hydrogen-bond donors (Lipinski definition) is 1. The minimum Gasteiger partial charge on any atom is -0.305 e. The Morgan fingerprint density at radius 3 is 2.50 bits per heavy atom. The number of anilines is 1. The highest BCUT2D eigenvalue weighted by atomic mass is 35.5. The predicted octanol–water partition coefficient (Wildman–Crippen LogP) is 3.95. The summed E-state index contributed by atoms with van der Waals surface area (Å²) in [5, 5.41) is 3.37. The van der Waals surface area contributed by atoms with Crippen molar-refractivity contribution in [3.8, 4) is 0 Å². The number of nitrogens with one attached hydrogen (secondary N) is 1. The molecule has 2 aromatic rings. The summed E-state index contributed by atoms with van der Waals surface area (Å²) < 4.78 is 0. The van der Waals surface area contributed by atoms with Crippen LogP contribution in [-0.4, -0.2) is 10.9 Å². The van der Waals surface area contributed by atoms with E-state index in [1.165, 1.54) is 12.3 Å². The van der Waals surface area contributed by atoms with Crippen LogP contribution in [0.1, 0.15) is 15.9 Å². The van der Waals surface area contributed by atoms with Crippen LogP contribution in [0.2, 0.25) is 10.0 Å². The van der Waals surface area contributed by atoms with Crippen LogP contribution < -0.4 is 5.32 Å². The van der Waals surface area contributed by atoms with Gasteiger partial charge in [0.1, 0.15) is 0 Å². The molecule has 5 heteroatoms. The number of benzene rings is 1. The standard InChI is InChI=1S/C13H10Cl2N2O/c1-8-2-4-9(5-3-8)13(18)17-12-11(15)6-10(14)7-16-12/h2-7H,1H3,(H,16,17,18). The monoisotopic (exact) mass is 280 g/mol. The van der Waals surface area contributed by atoms with Crippen LogP contribution in [0.3, 0.4) is 0 Å². The van der Waals surface area contributed by atoms with Crippen molar-refractivity contribution < 1.29 is 4.79 Å². The molecule has 18 heavy (non-hydrogen) atoms. The molecule has 1 aromatic heterocycles. The van der Waals surface area contributed by atoms with Gasteiger partial charge in [0.25, 0.3) is 5.91 Å². The number of nitrogens with zero attached hydrogens (tertiary/aromatic N) is 1. The summed E-state index contributed by atoms with van der Waals surface area (Å²) in [6.07, 6.45) is 1.43. The van der Waals surface area contributed by atoms with E-state index in [0.29, 0.717) is 21.4 Å².